The average molecular weight is 240 g/mol. The molecule has 0 rings (SSSR count). The zero-order valence-electron chi connectivity index (χ0n) is 10.3. The first-order valence-electron chi connectivity index (χ1n) is 6.00. The summed E-state index contributed by atoms with van der Waals surface area (Å²) in [5.74, 6) is -0.721. The molecule has 0 saturated heterocycles. The Kier molecular flexibility index (Phi) is 9.92. The molecule has 1 N–H and O–H groups in total. The molecule has 0 heterocycles. The summed E-state index contributed by atoms with van der Waals surface area (Å²) in [4.78, 5) is 22.2. The highest BCUT2D eigenvalue weighted by molar-refractivity contribution is 5.81. The van der Waals surface area contributed by atoms with Gasteiger partial charge in [-0.2, -0.15) is 5.26 Å². The lowest BCUT2D eigenvalue weighted by molar-refractivity contribution is -0.142. The van der Waals surface area contributed by atoms with Crippen molar-refractivity contribution in [2.75, 3.05) is 13.2 Å². The minimum atomic E-state index is -0.578. The third-order valence-corrected chi connectivity index (χ3v) is 2.23. The molecule has 0 saturated carbocycles. The van der Waals surface area contributed by atoms with Gasteiger partial charge < -0.3 is 10.1 Å². The van der Waals surface area contributed by atoms with E-state index in [4.69, 9.17) is 5.26 Å². The molecule has 17 heavy (non-hydrogen) atoms. The summed E-state index contributed by atoms with van der Waals surface area (Å²) < 4.78 is 4.48. The van der Waals surface area contributed by atoms with Gasteiger partial charge in [-0.05, 0) is 6.42 Å². The maximum atomic E-state index is 11.3. The fourth-order valence-corrected chi connectivity index (χ4v) is 1.31. The normalized spacial score (nSPS) is 9.41. The van der Waals surface area contributed by atoms with E-state index >= 15 is 0 Å². The number of rotatable bonds is 9. The summed E-state index contributed by atoms with van der Waals surface area (Å²) in [5.41, 5.74) is 0. The molecule has 0 atom stereocenters. The van der Waals surface area contributed by atoms with E-state index in [9.17, 15) is 9.59 Å². The molecule has 5 nitrogen and oxygen atoms in total. The van der Waals surface area contributed by atoms with Crippen molar-refractivity contribution in [3.05, 3.63) is 0 Å². The summed E-state index contributed by atoms with van der Waals surface area (Å²) >= 11 is 0. The standard InChI is InChI=1S/C12H20N2O3/c1-2-3-4-5-6-7-11(15)14-10-12(16)17-9-8-13/h2-7,9-10H2,1H3,(H,14,15). The van der Waals surface area contributed by atoms with Crippen LogP contribution < -0.4 is 5.32 Å². The zero-order chi connectivity index (χ0) is 12.9. The molecule has 0 aliphatic heterocycles. The second-order valence-electron chi connectivity index (χ2n) is 3.76. The van der Waals surface area contributed by atoms with Gasteiger partial charge in [0.05, 0.1) is 0 Å². The highest BCUT2D eigenvalue weighted by Gasteiger charge is 2.05. The van der Waals surface area contributed by atoms with Crippen LogP contribution >= 0.6 is 0 Å². The van der Waals surface area contributed by atoms with Crippen LogP contribution in [-0.2, 0) is 14.3 Å². The number of nitrogens with one attached hydrogen (secondary N) is 1. The number of nitriles is 1. The molecule has 0 aromatic rings. The highest BCUT2D eigenvalue weighted by Crippen LogP contribution is 2.04. The van der Waals surface area contributed by atoms with E-state index in [2.05, 4.69) is 17.0 Å². The van der Waals surface area contributed by atoms with E-state index in [0.29, 0.717) is 6.42 Å². The molecule has 0 unspecified atom stereocenters. The molecule has 0 bridgehead atoms. The van der Waals surface area contributed by atoms with Crippen LogP contribution in [0.3, 0.4) is 0 Å². The fraction of sp³-hybridized carbons (Fsp3) is 0.750. The molecule has 96 valence electrons. The maximum Gasteiger partial charge on any atom is 0.326 e. The Balaban J connectivity index is 3.40. The van der Waals surface area contributed by atoms with Crippen LogP contribution in [0.2, 0.25) is 0 Å². The van der Waals surface area contributed by atoms with Crippen molar-refractivity contribution in [3.63, 3.8) is 0 Å². The number of hydrogen-bond donors (Lipinski definition) is 1. The van der Waals surface area contributed by atoms with E-state index in [1.807, 2.05) is 0 Å². The van der Waals surface area contributed by atoms with Gasteiger partial charge in [0, 0.05) is 6.42 Å². The third kappa shape index (κ3) is 10.7. The SMILES string of the molecule is CCCCCCCC(=O)NCC(=O)OCC#N. The number of ether oxygens (including phenoxy) is 1. The van der Waals surface area contributed by atoms with Crippen molar-refractivity contribution in [3.8, 4) is 6.07 Å². The first kappa shape index (κ1) is 15.4. The summed E-state index contributed by atoms with van der Waals surface area (Å²) in [6.07, 6.45) is 5.85. The molecular weight excluding hydrogens is 220 g/mol. The average Bonchev–Trinajstić information content (AvgIpc) is 2.33. The van der Waals surface area contributed by atoms with Gasteiger partial charge in [0.1, 0.15) is 12.6 Å². The largest absolute Gasteiger partial charge is 0.449 e. The monoisotopic (exact) mass is 240 g/mol. The van der Waals surface area contributed by atoms with Gasteiger partial charge in [0.15, 0.2) is 6.61 Å². The van der Waals surface area contributed by atoms with E-state index in [-0.39, 0.29) is 19.1 Å². The maximum absolute atomic E-state index is 11.3. The minimum Gasteiger partial charge on any atom is -0.449 e. The Labute approximate surface area is 102 Å². The van der Waals surface area contributed by atoms with Crippen molar-refractivity contribution in [2.45, 2.75) is 45.4 Å². The van der Waals surface area contributed by atoms with Gasteiger partial charge in [-0.3, -0.25) is 9.59 Å². The lowest BCUT2D eigenvalue weighted by atomic mass is 10.1. The first-order valence-corrected chi connectivity index (χ1v) is 6.00. The van der Waals surface area contributed by atoms with Crippen molar-refractivity contribution >= 4 is 11.9 Å². The second kappa shape index (κ2) is 10.9. The van der Waals surface area contributed by atoms with Crippen LogP contribution in [0, 0.1) is 11.3 Å². The Morgan fingerprint density at radius 1 is 1.24 bits per heavy atom. The lowest BCUT2D eigenvalue weighted by Crippen LogP contribution is -2.30. The Morgan fingerprint density at radius 3 is 2.59 bits per heavy atom. The van der Waals surface area contributed by atoms with Crippen LogP contribution in [-0.4, -0.2) is 25.0 Å². The molecule has 0 aromatic carbocycles. The van der Waals surface area contributed by atoms with Crippen molar-refractivity contribution in [2.24, 2.45) is 0 Å². The Hall–Kier alpha value is -1.57. The number of carbonyl (C=O) groups is 2. The van der Waals surface area contributed by atoms with Crippen LogP contribution in [0.1, 0.15) is 45.4 Å². The molecule has 0 spiro atoms. The predicted molar refractivity (Wildman–Crippen MR) is 63.0 cm³/mol. The zero-order valence-corrected chi connectivity index (χ0v) is 10.3. The van der Waals surface area contributed by atoms with E-state index in [1.165, 1.54) is 12.8 Å². The van der Waals surface area contributed by atoms with Crippen molar-refractivity contribution in [1.82, 2.24) is 5.32 Å². The van der Waals surface area contributed by atoms with Crippen LogP contribution in [0.15, 0.2) is 0 Å². The Morgan fingerprint density at radius 2 is 1.94 bits per heavy atom. The van der Waals surface area contributed by atoms with Gasteiger partial charge in [-0.1, -0.05) is 32.6 Å². The number of hydrogen-bond acceptors (Lipinski definition) is 4. The molecule has 0 aromatic heterocycles. The van der Waals surface area contributed by atoms with E-state index in [1.54, 1.807) is 6.07 Å². The number of unbranched alkanes of at least 4 members (excludes halogenated alkanes) is 4. The van der Waals surface area contributed by atoms with Crippen LogP contribution in [0.4, 0.5) is 0 Å². The van der Waals surface area contributed by atoms with Gasteiger partial charge in [0.2, 0.25) is 5.91 Å². The van der Waals surface area contributed by atoms with Gasteiger partial charge in [0.25, 0.3) is 0 Å². The van der Waals surface area contributed by atoms with Gasteiger partial charge >= 0.3 is 5.97 Å². The molecule has 0 aliphatic rings. The lowest BCUT2D eigenvalue weighted by Gasteiger charge is -2.04. The van der Waals surface area contributed by atoms with Crippen molar-refractivity contribution < 1.29 is 14.3 Å². The molecule has 0 radical (unpaired) electrons. The van der Waals surface area contributed by atoms with Crippen molar-refractivity contribution in [1.29, 1.82) is 5.26 Å². The molecule has 0 aliphatic carbocycles. The first-order chi connectivity index (χ1) is 8.20. The van der Waals surface area contributed by atoms with E-state index < -0.39 is 5.97 Å². The number of carbonyl (C=O) groups excluding carboxylic acids is 2. The van der Waals surface area contributed by atoms with Crippen LogP contribution in [0.5, 0.6) is 0 Å². The predicted octanol–water partition coefficient (Wildman–Crippen LogP) is 1.53. The summed E-state index contributed by atoms with van der Waals surface area (Å²) in [6.45, 7) is 1.71. The third-order valence-electron chi connectivity index (χ3n) is 2.23. The molecule has 1 amide bonds. The van der Waals surface area contributed by atoms with Gasteiger partial charge in [-0.25, -0.2) is 0 Å². The van der Waals surface area contributed by atoms with E-state index in [0.717, 1.165) is 19.3 Å². The topological polar surface area (TPSA) is 79.2 Å². The number of esters is 1. The second-order valence-corrected chi connectivity index (χ2v) is 3.76. The summed E-state index contributed by atoms with van der Waals surface area (Å²) in [5, 5.41) is 10.6. The summed E-state index contributed by atoms with van der Waals surface area (Å²) in [7, 11) is 0. The molecule has 5 heteroatoms. The molecular formula is C12H20N2O3. The quantitative estimate of drug-likeness (QED) is 0.489. The highest BCUT2D eigenvalue weighted by atomic mass is 16.5. The summed E-state index contributed by atoms with van der Waals surface area (Å²) in [6, 6.07) is 1.68. The molecule has 0 fully saturated rings. The Bertz CT molecular complexity index is 271. The smallest absolute Gasteiger partial charge is 0.326 e. The van der Waals surface area contributed by atoms with Gasteiger partial charge in [-0.15, -0.1) is 0 Å². The van der Waals surface area contributed by atoms with Crippen LogP contribution in [0.25, 0.3) is 0 Å². The minimum absolute atomic E-state index is 0.143. The number of amides is 1. The number of nitrogens with zero attached hydrogens (tertiary/aromatic N) is 1. The fourth-order valence-electron chi connectivity index (χ4n) is 1.31.